The molecule has 6 heteroatoms. The molecule has 21 heavy (non-hydrogen) atoms. The van der Waals surface area contributed by atoms with Crippen LogP contribution in [0.25, 0.3) is 0 Å². The van der Waals surface area contributed by atoms with E-state index in [1.807, 2.05) is 0 Å². The van der Waals surface area contributed by atoms with Crippen LogP contribution in [0.4, 0.5) is 0 Å². The van der Waals surface area contributed by atoms with Gasteiger partial charge in [-0.3, -0.25) is 0 Å². The number of halogens is 1. The molecule has 0 amide bonds. The quantitative estimate of drug-likeness (QED) is 0.348. The van der Waals surface area contributed by atoms with Crippen LogP contribution in [-0.2, 0) is 23.7 Å². The van der Waals surface area contributed by atoms with Crippen molar-refractivity contribution in [3.05, 3.63) is 0 Å². The molecule has 1 fully saturated rings. The summed E-state index contributed by atoms with van der Waals surface area (Å²) in [4.78, 5) is 0.418. The molecule has 0 spiro atoms. The molecule has 0 bridgehead atoms. The summed E-state index contributed by atoms with van der Waals surface area (Å²) in [6.07, 6.45) is 3.64. The monoisotopic (exact) mass is 368 g/mol. The summed E-state index contributed by atoms with van der Waals surface area (Å²) in [5, 5.41) is 0. The van der Waals surface area contributed by atoms with E-state index < -0.39 is 0 Å². The number of ether oxygens (including phenoxy) is 5. The van der Waals surface area contributed by atoms with Crippen LogP contribution in [0.1, 0.15) is 26.2 Å². The second-order valence-electron chi connectivity index (χ2n) is 5.05. The van der Waals surface area contributed by atoms with E-state index in [2.05, 4.69) is 22.9 Å². The summed E-state index contributed by atoms with van der Waals surface area (Å²) in [6.45, 7) is 6.67. The molecule has 1 aliphatic rings. The van der Waals surface area contributed by atoms with Gasteiger partial charge >= 0.3 is 0 Å². The standard InChI is InChI=1S/C15H29BrO5/c1-3-4-5-18-6-7-19-8-9-20-10-11-21-14-12-13(16)15(14)17-2/h13-15H,3-12H2,1-2H3. The molecule has 1 aliphatic carbocycles. The van der Waals surface area contributed by atoms with Crippen LogP contribution in [-0.4, -0.2) is 70.4 Å². The minimum absolute atomic E-state index is 0.168. The second-order valence-corrected chi connectivity index (χ2v) is 6.23. The Labute approximate surface area is 136 Å². The van der Waals surface area contributed by atoms with Crippen molar-refractivity contribution in [2.45, 2.75) is 43.2 Å². The van der Waals surface area contributed by atoms with Crippen LogP contribution in [0.15, 0.2) is 0 Å². The first-order valence-electron chi connectivity index (χ1n) is 7.81. The molecule has 126 valence electrons. The highest BCUT2D eigenvalue weighted by Crippen LogP contribution is 2.32. The minimum atomic E-state index is 0.168. The van der Waals surface area contributed by atoms with E-state index in [1.54, 1.807) is 7.11 Å². The Hall–Kier alpha value is 0.280. The van der Waals surface area contributed by atoms with Crippen molar-refractivity contribution in [1.29, 1.82) is 0 Å². The van der Waals surface area contributed by atoms with E-state index >= 15 is 0 Å². The summed E-state index contributed by atoms with van der Waals surface area (Å²) < 4.78 is 27.3. The maximum Gasteiger partial charge on any atom is 0.0958 e. The smallest absolute Gasteiger partial charge is 0.0958 e. The van der Waals surface area contributed by atoms with E-state index in [0.29, 0.717) is 44.5 Å². The molecule has 0 aromatic heterocycles. The molecule has 0 N–H and O–H groups in total. The lowest BCUT2D eigenvalue weighted by molar-refractivity contribution is -0.117. The minimum Gasteiger partial charge on any atom is -0.379 e. The van der Waals surface area contributed by atoms with Gasteiger partial charge in [-0.1, -0.05) is 29.3 Å². The number of hydrogen-bond donors (Lipinski definition) is 0. The largest absolute Gasteiger partial charge is 0.379 e. The van der Waals surface area contributed by atoms with Crippen LogP contribution < -0.4 is 0 Å². The second kappa shape index (κ2) is 12.8. The highest BCUT2D eigenvalue weighted by molar-refractivity contribution is 9.09. The Morgan fingerprint density at radius 2 is 1.48 bits per heavy atom. The van der Waals surface area contributed by atoms with Gasteiger partial charge in [0.25, 0.3) is 0 Å². The van der Waals surface area contributed by atoms with Crippen LogP contribution in [0, 0.1) is 0 Å². The van der Waals surface area contributed by atoms with E-state index in [9.17, 15) is 0 Å². The zero-order chi connectivity index (χ0) is 15.3. The average molecular weight is 369 g/mol. The SMILES string of the molecule is CCCCOCCOCCOCCOC1CC(Br)C1OC. The molecule has 0 aromatic carbocycles. The Kier molecular flexibility index (Phi) is 11.8. The Morgan fingerprint density at radius 1 is 0.905 bits per heavy atom. The predicted molar refractivity (Wildman–Crippen MR) is 85.2 cm³/mol. The van der Waals surface area contributed by atoms with Crippen LogP contribution >= 0.6 is 15.9 Å². The van der Waals surface area contributed by atoms with Crippen molar-refractivity contribution >= 4 is 15.9 Å². The molecule has 0 heterocycles. The van der Waals surface area contributed by atoms with Crippen molar-refractivity contribution in [3.8, 4) is 0 Å². The van der Waals surface area contributed by atoms with Gasteiger partial charge in [-0.15, -0.1) is 0 Å². The third-order valence-corrected chi connectivity index (χ3v) is 4.29. The Bertz CT molecular complexity index is 242. The van der Waals surface area contributed by atoms with E-state index in [1.165, 1.54) is 6.42 Å². The van der Waals surface area contributed by atoms with E-state index in [4.69, 9.17) is 23.7 Å². The first kappa shape index (κ1) is 19.3. The highest BCUT2D eigenvalue weighted by atomic mass is 79.9. The zero-order valence-corrected chi connectivity index (χ0v) is 14.8. The zero-order valence-electron chi connectivity index (χ0n) is 13.2. The number of methoxy groups -OCH3 is 1. The van der Waals surface area contributed by atoms with Crippen LogP contribution in [0.5, 0.6) is 0 Å². The Balaban J connectivity index is 1.75. The lowest BCUT2D eigenvalue weighted by atomic mass is 9.91. The molecule has 1 saturated carbocycles. The van der Waals surface area contributed by atoms with Crippen molar-refractivity contribution in [3.63, 3.8) is 0 Å². The predicted octanol–water partition coefficient (Wildman–Crippen LogP) is 2.40. The molecule has 0 aromatic rings. The summed E-state index contributed by atoms with van der Waals surface area (Å²) in [6, 6.07) is 0. The topological polar surface area (TPSA) is 46.2 Å². The van der Waals surface area contributed by atoms with Gasteiger partial charge in [0.2, 0.25) is 0 Å². The number of hydrogen-bond acceptors (Lipinski definition) is 5. The van der Waals surface area contributed by atoms with Crippen molar-refractivity contribution in [1.82, 2.24) is 0 Å². The van der Waals surface area contributed by atoms with E-state index in [-0.39, 0.29) is 12.2 Å². The molecule has 0 aliphatic heterocycles. The number of rotatable bonds is 14. The first-order chi connectivity index (χ1) is 10.3. The molecule has 3 atom stereocenters. The molecule has 1 rings (SSSR count). The molecule has 3 unspecified atom stereocenters. The van der Waals surface area contributed by atoms with Gasteiger partial charge < -0.3 is 23.7 Å². The molecule has 0 radical (unpaired) electrons. The fourth-order valence-electron chi connectivity index (χ4n) is 2.04. The molecular formula is C15H29BrO5. The van der Waals surface area contributed by atoms with Gasteiger partial charge in [-0.2, -0.15) is 0 Å². The fraction of sp³-hybridized carbons (Fsp3) is 1.00. The van der Waals surface area contributed by atoms with Crippen LogP contribution in [0.3, 0.4) is 0 Å². The van der Waals surface area contributed by atoms with Gasteiger partial charge in [0.15, 0.2) is 0 Å². The Morgan fingerprint density at radius 3 is 2.00 bits per heavy atom. The summed E-state index contributed by atoms with van der Waals surface area (Å²) in [7, 11) is 1.72. The molecular weight excluding hydrogens is 340 g/mol. The molecule has 5 nitrogen and oxygen atoms in total. The van der Waals surface area contributed by atoms with Crippen molar-refractivity contribution in [2.75, 3.05) is 53.4 Å². The maximum absolute atomic E-state index is 5.69. The number of alkyl halides is 1. The third kappa shape index (κ3) is 8.47. The lowest BCUT2D eigenvalue weighted by Gasteiger charge is -2.39. The fourth-order valence-corrected chi connectivity index (χ4v) is 2.96. The number of unbranched alkanes of at least 4 members (excludes halogenated alkanes) is 1. The van der Waals surface area contributed by atoms with E-state index in [0.717, 1.165) is 19.4 Å². The van der Waals surface area contributed by atoms with Gasteiger partial charge in [-0.05, 0) is 12.8 Å². The molecule has 0 saturated heterocycles. The highest BCUT2D eigenvalue weighted by Gasteiger charge is 2.40. The normalized spacial score (nSPS) is 25.0. The maximum atomic E-state index is 5.69. The summed E-state index contributed by atoms with van der Waals surface area (Å²) >= 11 is 3.54. The third-order valence-electron chi connectivity index (χ3n) is 3.40. The van der Waals surface area contributed by atoms with Crippen molar-refractivity contribution in [2.24, 2.45) is 0 Å². The van der Waals surface area contributed by atoms with Gasteiger partial charge in [0.1, 0.15) is 0 Å². The lowest BCUT2D eigenvalue weighted by Crippen LogP contribution is -2.50. The van der Waals surface area contributed by atoms with Gasteiger partial charge in [0.05, 0.1) is 51.8 Å². The van der Waals surface area contributed by atoms with Crippen molar-refractivity contribution < 1.29 is 23.7 Å². The summed E-state index contributed by atoms with van der Waals surface area (Å²) in [5.41, 5.74) is 0. The average Bonchev–Trinajstić information content (AvgIpc) is 2.47. The van der Waals surface area contributed by atoms with Gasteiger partial charge in [-0.25, -0.2) is 0 Å². The van der Waals surface area contributed by atoms with Crippen LogP contribution in [0.2, 0.25) is 0 Å². The first-order valence-corrected chi connectivity index (χ1v) is 8.72. The van der Waals surface area contributed by atoms with Gasteiger partial charge in [0, 0.05) is 18.5 Å². The summed E-state index contributed by atoms with van der Waals surface area (Å²) in [5.74, 6) is 0.